The van der Waals surface area contributed by atoms with Crippen molar-refractivity contribution in [1.29, 1.82) is 0 Å². The first kappa shape index (κ1) is 18.9. The molecule has 0 spiro atoms. The van der Waals surface area contributed by atoms with Gasteiger partial charge in [-0.15, -0.1) is 0 Å². The van der Waals surface area contributed by atoms with Crippen molar-refractivity contribution in [1.82, 2.24) is 10.2 Å². The zero-order valence-electron chi connectivity index (χ0n) is 14.0. The Labute approximate surface area is 121 Å². The molecule has 0 aromatic heterocycles. The maximum atomic E-state index is 5.25. The summed E-state index contributed by atoms with van der Waals surface area (Å²) in [6, 6.07) is 0.697. The zero-order chi connectivity index (χ0) is 14.7. The third-order valence-corrected chi connectivity index (χ3v) is 3.63. The van der Waals surface area contributed by atoms with Crippen molar-refractivity contribution in [2.45, 2.75) is 53.5 Å². The van der Waals surface area contributed by atoms with Crippen LogP contribution < -0.4 is 5.32 Å². The quantitative estimate of drug-likeness (QED) is 0.591. The molecule has 0 saturated carbocycles. The van der Waals surface area contributed by atoms with E-state index in [1.54, 1.807) is 7.11 Å². The summed E-state index contributed by atoms with van der Waals surface area (Å²) in [4.78, 5) is 2.60. The van der Waals surface area contributed by atoms with Crippen LogP contribution in [0.5, 0.6) is 0 Å². The van der Waals surface area contributed by atoms with E-state index in [0.717, 1.165) is 32.2 Å². The molecule has 0 radical (unpaired) electrons. The molecule has 0 amide bonds. The lowest BCUT2D eigenvalue weighted by Crippen LogP contribution is -2.42. The van der Waals surface area contributed by atoms with Gasteiger partial charge in [0.2, 0.25) is 0 Å². The topological polar surface area (TPSA) is 24.5 Å². The van der Waals surface area contributed by atoms with Gasteiger partial charge in [0.05, 0.1) is 6.61 Å². The molecule has 19 heavy (non-hydrogen) atoms. The third-order valence-electron chi connectivity index (χ3n) is 3.63. The van der Waals surface area contributed by atoms with Gasteiger partial charge in [-0.3, -0.25) is 4.90 Å². The molecule has 0 heterocycles. The van der Waals surface area contributed by atoms with Gasteiger partial charge in [-0.2, -0.15) is 0 Å². The fraction of sp³-hybridized carbons (Fsp3) is 1.00. The lowest BCUT2D eigenvalue weighted by molar-refractivity contribution is 0.103. The van der Waals surface area contributed by atoms with E-state index >= 15 is 0 Å². The lowest BCUT2D eigenvalue weighted by atomic mass is 10.1. The third kappa shape index (κ3) is 9.42. The molecular formula is C16H36N2O. The van der Waals surface area contributed by atoms with Crippen LogP contribution in [0.25, 0.3) is 0 Å². The molecular weight excluding hydrogens is 236 g/mol. The van der Waals surface area contributed by atoms with Gasteiger partial charge in [0, 0.05) is 26.2 Å². The molecule has 3 nitrogen and oxygen atoms in total. The molecule has 0 aliphatic heterocycles. The van der Waals surface area contributed by atoms with Gasteiger partial charge in [-0.25, -0.2) is 0 Å². The van der Waals surface area contributed by atoms with E-state index in [9.17, 15) is 0 Å². The predicted octanol–water partition coefficient (Wildman–Crippen LogP) is 3.01. The normalized spacial score (nSPS) is 13.7. The first-order chi connectivity index (χ1) is 9.04. The SMILES string of the molecule is CCC(CC)N(CCOC)CC(C)CNCC(C)C. The van der Waals surface area contributed by atoms with E-state index in [1.165, 1.54) is 19.4 Å². The summed E-state index contributed by atoms with van der Waals surface area (Å²) < 4.78 is 5.25. The summed E-state index contributed by atoms with van der Waals surface area (Å²) in [7, 11) is 1.79. The monoisotopic (exact) mass is 272 g/mol. The molecule has 1 N–H and O–H groups in total. The van der Waals surface area contributed by atoms with Crippen molar-refractivity contribution in [2.75, 3.05) is 39.9 Å². The van der Waals surface area contributed by atoms with Crippen LogP contribution in [0.1, 0.15) is 47.5 Å². The summed E-state index contributed by atoms with van der Waals surface area (Å²) in [5.74, 6) is 1.42. The summed E-state index contributed by atoms with van der Waals surface area (Å²) >= 11 is 0. The van der Waals surface area contributed by atoms with Gasteiger partial charge < -0.3 is 10.1 Å². The van der Waals surface area contributed by atoms with Crippen LogP contribution in [0.2, 0.25) is 0 Å². The van der Waals surface area contributed by atoms with Crippen LogP contribution in [0.15, 0.2) is 0 Å². The van der Waals surface area contributed by atoms with E-state index in [0.29, 0.717) is 12.0 Å². The number of nitrogens with one attached hydrogen (secondary N) is 1. The second-order valence-corrected chi connectivity index (χ2v) is 6.12. The molecule has 0 rings (SSSR count). The molecule has 0 aliphatic carbocycles. The molecule has 1 unspecified atom stereocenters. The molecule has 0 fully saturated rings. The highest BCUT2D eigenvalue weighted by atomic mass is 16.5. The molecule has 0 aromatic rings. The summed E-state index contributed by atoms with van der Waals surface area (Å²) in [6.07, 6.45) is 2.46. The summed E-state index contributed by atoms with van der Waals surface area (Å²) in [6.45, 7) is 16.7. The second kappa shape index (κ2) is 11.7. The Kier molecular flexibility index (Phi) is 11.6. The Hall–Kier alpha value is -0.120. The minimum Gasteiger partial charge on any atom is -0.383 e. The zero-order valence-corrected chi connectivity index (χ0v) is 14.0. The Balaban J connectivity index is 4.13. The van der Waals surface area contributed by atoms with Crippen LogP contribution in [-0.2, 0) is 4.74 Å². The summed E-state index contributed by atoms with van der Waals surface area (Å²) in [5.41, 5.74) is 0. The molecule has 0 bridgehead atoms. The summed E-state index contributed by atoms with van der Waals surface area (Å²) in [5, 5.41) is 3.56. The van der Waals surface area contributed by atoms with Crippen molar-refractivity contribution < 1.29 is 4.74 Å². The average Bonchev–Trinajstić information content (AvgIpc) is 2.36. The van der Waals surface area contributed by atoms with Crippen molar-refractivity contribution in [3.05, 3.63) is 0 Å². The number of rotatable bonds is 12. The van der Waals surface area contributed by atoms with Gasteiger partial charge in [-0.05, 0) is 37.8 Å². The first-order valence-electron chi connectivity index (χ1n) is 7.98. The Morgan fingerprint density at radius 2 is 1.68 bits per heavy atom. The molecule has 0 saturated heterocycles. The van der Waals surface area contributed by atoms with Crippen molar-refractivity contribution >= 4 is 0 Å². The van der Waals surface area contributed by atoms with E-state index in [1.807, 2.05) is 0 Å². The molecule has 0 aromatic carbocycles. The average molecular weight is 272 g/mol. The largest absolute Gasteiger partial charge is 0.383 e. The van der Waals surface area contributed by atoms with E-state index in [4.69, 9.17) is 4.74 Å². The number of methoxy groups -OCH3 is 1. The first-order valence-corrected chi connectivity index (χ1v) is 7.98. The fourth-order valence-corrected chi connectivity index (χ4v) is 2.52. The fourth-order valence-electron chi connectivity index (χ4n) is 2.52. The van der Waals surface area contributed by atoms with Gasteiger partial charge in [0.25, 0.3) is 0 Å². The Morgan fingerprint density at radius 1 is 1.05 bits per heavy atom. The highest BCUT2D eigenvalue weighted by Crippen LogP contribution is 2.11. The maximum absolute atomic E-state index is 5.25. The number of hydrogen-bond acceptors (Lipinski definition) is 3. The second-order valence-electron chi connectivity index (χ2n) is 6.12. The van der Waals surface area contributed by atoms with Crippen LogP contribution in [0.3, 0.4) is 0 Å². The molecule has 3 heteroatoms. The van der Waals surface area contributed by atoms with Crippen molar-refractivity contribution in [3.63, 3.8) is 0 Å². The highest BCUT2D eigenvalue weighted by molar-refractivity contribution is 4.72. The van der Waals surface area contributed by atoms with Crippen LogP contribution in [0, 0.1) is 11.8 Å². The highest BCUT2D eigenvalue weighted by Gasteiger charge is 2.17. The smallest absolute Gasteiger partial charge is 0.0589 e. The van der Waals surface area contributed by atoms with E-state index < -0.39 is 0 Å². The maximum Gasteiger partial charge on any atom is 0.0589 e. The minimum atomic E-state index is 0.691. The van der Waals surface area contributed by atoms with E-state index in [2.05, 4.69) is 44.8 Å². The Morgan fingerprint density at radius 3 is 2.16 bits per heavy atom. The van der Waals surface area contributed by atoms with Crippen LogP contribution in [-0.4, -0.2) is 50.8 Å². The van der Waals surface area contributed by atoms with E-state index in [-0.39, 0.29) is 0 Å². The van der Waals surface area contributed by atoms with Crippen molar-refractivity contribution in [3.8, 4) is 0 Å². The van der Waals surface area contributed by atoms with Crippen LogP contribution >= 0.6 is 0 Å². The van der Waals surface area contributed by atoms with Gasteiger partial charge in [-0.1, -0.05) is 34.6 Å². The van der Waals surface area contributed by atoms with Crippen LogP contribution in [0.4, 0.5) is 0 Å². The van der Waals surface area contributed by atoms with Gasteiger partial charge >= 0.3 is 0 Å². The Bertz CT molecular complexity index is 193. The van der Waals surface area contributed by atoms with Gasteiger partial charge in [0.15, 0.2) is 0 Å². The number of nitrogens with zero attached hydrogens (tertiary/aromatic N) is 1. The molecule has 1 atom stereocenters. The number of ether oxygens (including phenoxy) is 1. The molecule has 0 aliphatic rings. The van der Waals surface area contributed by atoms with Gasteiger partial charge in [0.1, 0.15) is 0 Å². The number of hydrogen-bond donors (Lipinski definition) is 1. The predicted molar refractivity (Wildman–Crippen MR) is 84.7 cm³/mol. The van der Waals surface area contributed by atoms with Crippen molar-refractivity contribution in [2.24, 2.45) is 11.8 Å². The molecule has 116 valence electrons. The lowest BCUT2D eigenvalue weighted by Gasteiger charge is -2.32. The minimum absolute atomic E-state index is 0.691. The standard InChI is InChI=1S/C16H36N2O/c1-7-16(8-2)18(9-10-19-6)13-15(5)12-17-11-14(3)4/h14-17H,7-13H2,1-6H3.